The first kappa shape index (κ1) is 17.4. The van der Waals surface area contributed by atoms with Crippen LogP contribution in [0.5, 0.6) is 11.5 Å². The number of halogens is 1. The summed E-state index contributed by atoms with van der Waals surface area (Å²) in [7, 11) is 0. The molecule has 27 heavy (non-hydrogen) atoms. The van der Waals surface area contributed by atoms with E-state index in [-0.39, 0.29) is 17.6 Å². The number of nitrogens with zero attached hydrogens (tertiary/aromatic N) is 2. The Kier molecular flexibility index (Phi) is 4.49. The maximum atomic E-state index is 12.4. The van der Waals surface area contributed by atoms with E-state index >= 15 is 0 Å². The number of nitrogens with one attached hydrogen (secondary N) is 1. The van der Waals surface area contributed by atoms with Crippen LogP contribution in [0.1, 0.15) is 30.4 Å². The van der Waals surface area contributed by atoms with E-state index in [4.69, 9.17) is 16.3 Å². The van der Waals surface area contributed by atoms with E-state index in [1.54, 1.807) is 35.1 Å². The van der Waals surface area contributed by atoms with E-state index in [0.717, 1.165) is 16.8 Å². The molecule has 0 saturated heterocycles. The molecule has 0 saturated carbocycles. The van der Waals surface area contributed by atoms with Crippen LogP contribution in [0.15, 0.2) is 48.7 Å². The predicted molar refractivity (Wildman–Crippen MR) is 103 cm³/mol. The van der Waals surface area contributed by atoms with Crippen molar-refractivity contribution in [2.75, 3.05) is 11.9 Å². The van der Waals surface area contributed by atoms with Crippen LogP contribution in [-0.2, 0) is 4.79 Å². The Morgan fingerprint density at radius 3 is 2.96 bits per heavy atom. The van der Waals surface area contributed by atoms with Gasteiger partial charge in [-0.1, -0.05) is 23.7 Å². The zero-order valence-corrected chi connectivity index (χ0v) is 15.4. The quantitative estimate of drug-likeness (QED) is 0.711. The van der Waals surface area contributed by atoms with Gasteiger partial charge in [-0.2, -0.15) is 5.10 Å². The average Bonchev–Trinajstić information content (AvgIpc) is 3.07. The van der Waals surface area contributed by atoms with E-state index in [1.807, 2.05) is 25.1 Å². The van der Waals surface area contributed by atoms with Gasteiger partial charge in [-0.15, -0.1) is 0 Å². The number of ether oxygens (including phenoxy) is 1. The minimum Gasteiger partial charge on any atom is -0.504 e. The third kappa shape index (κ3) is 3.24. The van der Waals surface area contributed by atoms with Crippen molar-refractivity contribution in [1.29, 1.82) is 0 Å². The van der Waals surface area contributed by atoms with Crippen molar-refractivity contribution in [3.8, 4) is 17.2 Å². The second-order valence-electron chi connectivity index (χ2n) is 6.31. The van der Waals surface area contributed by atoms with Gasteiger partial charge < -0.3 is 15.2 Å². The van der Waals surface area contributed by atoms with Crippen LogP contribution in [0, 0.1) is 0 Å². The highest BCUT2D eigenvalue weighted by Crippen LogP contribution is 2.40. The van der Waals surface area contributed by atoms with Crippen LogP contribution in [-0.4, -0.2) is 27.4 Å². The molecule has 3 aromatic rings. The summed E-state index contributed by atoms with van der Waals surface area (Å²) in [5.74, 6) is 0.842. The standard InChI is InChI=1S/C20H18ClN3O3/c1-2-27-18-8-12(6-7-17(18)25)15-10-19(26)23-20-16(15)11-22-24(20)14-5-3-4-13(21)9-14/h3-9,11,15,25H,2,10H2,1H3,(H,23,26)/t15-/m0/s1. The van der Waals surface area contributed by atoms with Crippen molar-refractivity contribution in [3.05, 3.63) is 64.8 Å². The summed E-state index contributed by atoms with van der Waals surface area (Å²) in [5, 5.41) is 17.9. The fraction of sp³-hybridized carbons (Fsp3) is 0.200. The predicted octanol–water partition coefficient (Wildman–Crippen LogP) is 4.10. The van der Waals surface area contributed by atoms with Crippen molar-refractivity contribution in [3.63, 3.8) is 0 Å². The van der Waals surface area contributed by atoms with Crippen molar-refractivity contribution in [2.45, 2.75) is 19.3 Å². The summed E-state index contributed by atoms with van der Waals surface area (Å²) in [6.07, 6.45) is 2.05. The number of carbonyl (C=O) groups is 1. The third-order valence-corrected chi connectivity index (χ3v) is 4.79. The van der Waals surface area contributed by atoms with Crippen LogP contribution in [0.25, 0.3) is 5.69 Å². The van der Waals surface area contributed by atoms with Gasteiger partial charge in [0.2, 0.25) is 5.91 Å². The first-order valence-corrected chi connectivity index (χ1v) is 9.04. The molecule has 4 rings (SSSR count). The Bertz CT molecular complexity index is 1020. The molecule has 6 nitrogen and oxygen atoms in total. The molecule has 1 aliphatic heterocycles. The number of hydrogen-bond acceptors (Lipinski definition) is 4. The number of phenols is 1. The Hall–Kier alpha value is -2.99. The van der Waals surface area contributed by atoms with E-state index in [9.17, 15) is 9.90 Å². The lowest BCUT2D eigenvalue weighted by Gasteiger charge is -2.24. The Balaban J connectivity index is 1.79. The lowest BCUT2D eigenvalue weighted by Crippen LogP contribution is -2.24. The van der Waals surface area contributed by atoms with Crippen LogP contribution < -0.4 is 10.1 Å². The number of fused-ring (bicyclic) bond motifs is 1. The SMILES string of the molecule is CCOc1cc([C@@H]2CC(=O)Nc3c2cnn3-c2cccc(Cl)c2)ccc1O. The van der Waals surface area contributed by atoms with Crippen LogP contribution in [0.3, 0.4) is 0 Å². The number of aromatic hydroxyl groups is 1. The normalized spacial score (nSPS) is 15.9. The lowest BCUT2D eigenvalue weighted by molar-refractivity contribution is -0.116. The first-order valence-electron chi connectivity index (χ1n) is 8.66. The van der Waals surface area contributed by atoms with E-state index in [0.29, 0.717) is 29.6 Å². The largest absolute Gasteiger partial charge is 0.504 e. The van der Waals surface area contributed by atoms with Gasteiger partial charge in [0.1, 0.15) is 5.82 Å². The van der Waals surface area contributed by atoms with Gasteiger partial charge in [0, 0.05) is 22.9 Å². The van der Waals surface area contributed by atoms with Gasteiger partial charge in [0.25, 0.3) is 0 Å². The van der Waals surface area contributed by atoms with Crippen LogP contribution in [0.4, 0.5) is 5.82 Å². The van der Waals surface area contributed by atoms with Crippen molar-refractivity contribution in [1.82, 2.24) is 9.78 Å². The second kappa shape index (κ2) is 6.96. The summed E-state index contributed by atoms with van der Waals surface area (Å²) >= 11 is 6.09. The number of carbonyl (C=O) groups excluding carboxylic acids is 1. The molecular weight excluding hydrogens is 366 g/mol. The third-order valence-electron chi connectivity index (χ3n) is 4.56. The minimum absolute atomic E-state index is 0.0794. The molecule has 0 fully saturated rings. The highest BCUT2D eigenvalue weighted by Gasteiger charge is 2.31. The summed E-state index contributed by atoms with van der Waals surface area (Å²) in [4.78, 5) is 12.4. The molecule has 2 heterocycles. The van der Waals surface area contributed by atoms with Gasteiger partial charge >= 0.3 is 0 Å². The van der Waals surface area contributed by atoms with Gasteiger partial charge in [-0.3, -0.25) is 4.79 Å². The van der Waals surface area contributed by atoms with Gasteiger partial charge in [0.05, 0.1) is 18.5 Å². The minimum atomic E-state index is -0.179. The second-order valence-corrected chi connectivity index (χ2v) is 6.74. The van der Waals surface area contributed by atoms with Gasteiger partial charge in [0.15, 0.2) is 11.5 Å². The number of hydrogen-bond donors (Lipinski definition) is 2. The van der Waals surface area contributed by atoms with Crippen LogP contribution >= 0.6 is 11.6 Å². The monoisotopic (exact) mass is 383 g/mol. The molecule has 0 spiro atoms. The zero-order valence-electron chi connectivity index (χ0n) is 14.6. The fourth-order valence-corrected chi connectivity index (χ4v) is 3.52. The molecule has 2 aromatic carbocycles. The Labute approximate surface area is 161 Å². The Morgan fingerprint density at radius 2 is 2.19 bits per heavy atom. The van der Waals surface area contributed by atoms with E-state index < -0.39 is 0 Å². The molecule has 0 unspecified atom stereocenters. The zero-order chi connectivity index (χ0) is 19.0. The number of phenolic OH excluding ortho intramolecular Hbond substituents is 1. The number of aromatic nitrogens is 2. The fourth-order valence-electron chi connectivity index (χ4n) is 3.34. The molecule has 2 N–H and O–H groups in total. The highest BCUT2D eigenvalue weighted by molar-refractivity contribution is 6.30. The van der Waals surface area contributed by atoms with Gasteiger partial charge in [-0.05, 0) is 42.8 Å². The smallest absolute Gasteiger partial charge is 0.226 e. The molecule has 1 atom stereocenters. The van der Waals surface area contributed by atoms with E-state index in [1.165, 1.54) is 0 Å². The molecule has 0 radical (unpaired) electrons. The number of amides is 1. The summed E-state index contributed by atoms with van der Waals surface area (Å²) in [6, 6.07) is 12.5. The molecule has 138 valence electrons. The Morgan fingerprint density at radius 1 is 1.33 bits per heavy atom. The first-order chi connectivity index (χ1) is 13.1. The molecule has 0 bridgehead atoms. The maximum Gasteiger partial charge on any atom is 0.226 e. The summed E-state index contributed by atoms with van der Waals surface area (Å²) in [6.45, 7) is 2.30. The lowest BCUT2D eigenvalue weighted by atomic mass is 9.87. The van der Waals surface area contributed by atoms with Crippen molar-refractivity contribution in [2.24, 2.45) is 0 Å². The van der Waals surface area contributed by atoms with Crippen molar-refractivity contribution >= 4 is 23.3 Å². The summed E-state index contributed by atoms with van der Waals surface area (Å²) in [5.41, 5.74) is 2.56. The van der Waals surface area contributed by atoms with Gasteiger partial charge in [-0.25, -0.2) is 4.68 Å². The topological polar surface area (TPSA) is 76.4 Å². The number of anilines is 1. The maximum absolute atomic E-state index is 12.4. The van der Waals surface area contributed by atoms with Crippen molar-refractivity contribution < 1.29 is 14.6 Å². The molecule has 1 aliphatic rings. The molecule has 7 heteroatoms. The highest BCUT2D eigenvalue weighted by atomic mass is 35.5. The molecule has 0 aliphatic carbocycles. The van der Waals surface area contributed by atoms with Crippen LogP contribution in [0.2, 0.25) is 5.02 Å². The summed E-state index contributed by atoms with van der Waals surface area (Å²) < 4.78 is 7.16. The van der Waals surface area contributed by atoms with E-state index in [2.05, 4.69) is 10.4 Å². The molecule has 1 aromatic heterocycles. The molecular formula is C20H18ClN3O3. The number of benzene rings is 2. The molecule has 1 amide bonds. The number of rotatable bonds is 4. The average molecular weight is 384 g/mol.